The highest BCUT2D eigenvalue weighted by molar-refractivity contribution is 6.31. The van der Waals surface area contributed by atoms with Crippen LogP contribution in [0.3, 0.4) is 0 Å². The third-order valence-corrected chi connectivity index (χ3v) is 5.97. The standard InChI is InChI=1S/C19H19ClN4O2/c1-24-10-12(9-21-24)17(25)22-14-7-19(8-14)5-11(6-19)18-23-15-4-13(20)2-3-16(15)26-18/h2-4,9-11,14H,5-8H2,1H3,(H,22,25). The number of nitrogens with zero attached hydrogens (tertiary/aromatic N) is 3. The molecular formula is C19H19ClN4O2. The number of hydrogen-bond donors (Lipinski definition) is 1. The Morgan fingerprint density at radius 2 is 2.15 bits per heavy atom. The largest absolute Gasteiger partial charge is 0.440 e. The molecule has 0 atom stereocenters. The van der Waals surface area contributed by atoms with Crippen LogP contribution >= 0.6 is 11.6 Å². The molecule has 1 spiro atoms. The van der Waals surface area contributed by atoms with Crippen molar-refractivity contribution in [3.63, 3.8) is 0 Å². The highest BCUT2D eigenvalue weighted by atomic mass is 35.5. The number of amides is 1. The summed E-state index contributed by atoms with van der Waals surface area (Å²) < 4.78 is 7.53. The van der Waals surface area contributed by atoms with E-state index in [1.807, 2.05) is 25.2 Å². The van der Waals surface area contributed by atoms with Gasteiger partial charge in [-0.1, -0.05) is 11.6 Å². The quantitative estimate of drug-likeness (QED) is 0.763. The van der Waals surface area contributed by atoms with E-state index in [4.69, 9.17) is 16.0 Å². The topological polar surface area (TPSA) is 73.0 Å². The van der Waals surface area contributed by atoms with Crippen molar-refractivity contribution in [2.45, 2.75) is 37.6 Å². The average molecular weight is 371 g/mol. The van der Waals surface area contributed by atoms with Crippen LogP contribution in [0, 0.1) is 5.41 Å². The fourth-order valence-electron chi connectivity index (χ4n) is 4.48. The molecule has 6 nitrogen and oxygen atoms in total. The smallest absolute Gasteiger partial charge is 0.254 e. The summed E-state index contributed by atoms with van der Waals surface area (Å²) in [6.07, 6.45) is 7.55. The van der Waals surface area contributed by atoms with E-state index >= 15 is 0 Å². The number of halogens is 1. The first-order chi connectivity index (χ1) is 12.5. The zero-order valence-corrected chi connectivity index (χ0v) is 15.2. The Morgan fingerprint density at radius 3 is 2.88 bits per heavy atom. The van der Waals surface area contributed by atoms with Crippen molar-refractivity contribution in [2.24, 2.45) is 12.5 Å². The van der Waals surface area contributed by atoms with Gasteiger partial charge in [-0.2, -0.15) is 5.10 Å². The second kappa shape index (κ2) is 5.58. The fourth-order valence-corrected chi connectivity index (χ4v) is 4.65. The van der Waals surface area contributed by atoms with E-state index in [1.165, 1.54) is 0 Å². The van der Waals surface area contributed by atoms with Crippen LogP contribution in [0.1, 0.15) is 47.8 Å². The Morgan fingerprint density at radius 1 is 1.35 bits per heavy atom. The molecule has 0 bridgehead atoms. The van der Waals surface area contributed by atoms with Crippen LogP contribution in [0.2, 0.25) is 5.02 Å². The molecule has 1 amide bonds. The molecule has 0 aliphatic heterocycles. The second-order valence-electron chi connectivity index (χ2n) is 7.75. The summed E-state index contributed by atoms with van der Waals surface area (Å²) in [5.41, 5.74) is 2.57. The molecule has 26 heavy (non-hydrogen) atoms. The first-order valence-electron chi connectivity index (χ1n) is 8.85. The number of oxazole rings is 1. The Labute approximate surface area is 155 Å². The SMILES string of the molecule is Cn1cc(C(=O)NC2CC3(C2)CC(c2nc4cc(Cl)ccc4o2)C3)cn1. The lowest BCUT2D eigenvalue weighted by molar-refractivity contribution is -0.0253. The molecule has 2 aliphatic rings. The van der Waals surface area contributed by atoms with Gasteiger partial charge in [-0.25, -0.2) is 4.98 Å². The van der Waals surface area contributed by atoms with Gasteiger partial charge in [0.15, 0.2) is 11.5 Å². The normalized spacial score (nSPS) is 27.3. The highest BCUT2D eigenvalue weighted by Gasteiger charge is 2.54. The lowest BCUT2D eigenvalue weighted by Gasteiger charge is -2.57. The molecule has 1 aromatic carbocycles. The number of carbonyl (C=O) groups excluding carboxylic acids is 1. The monoisotopic (exact) mass is 370 g/mol. The van der Waals surface area contributed by atoms with Gasteiger partial charge < -0.3 is 9.73 Å². The van der Waals surface area contributed by atoms with Gasteiger partial charge in [0.1, 0.15) is 5.52 Å². The lowest BCUT2D eigenvalue weighted by atomic mass is 9.50. The van der Waals surface area contributed by atoms with Crippen molar-refractivity contribution in [3.8, 4) is 0 Å². The molecule has 3 aromatic rings. The summed E-state index contributed by atoms with van der Waals surface area (Å²) in [6, 6.07) is 5.79. The maximum atomic E-state index is 12.2. The second-order valence-corrected chi connectivity index (χ2v) is 8.19. The van der Waals surface area contributed by atoms with Crippen LogP contribution in [0.25, 0.3) is 11.1 Å². The molecule has 5 rings (SSSR count). The van der Waals surface area contributed by atoms with Gasteiger partial charge in [-0.05, 0) is 49.3 Å². The minimum atomic E-state index is -0.0374. The van der Waals surface area contributed by atoms with Gasteiger partial charge in [-0.3, -0.25) is 9.48 Å². The van der Waals surface area contributed by atoms with Crippen LogP contribution in [-0.4, -0.2) is 26.7 Å². The molecular weight excluding hydrogens is 352 g/mol. The van der Waals surface area contributed by atoms with E-state index in [-0.39, 0.29) is 11.9 Å². The zero-order valence-electron chi connectivity index (χ0n) is 14.4. The van der Waals surface area contributed by atoms with E-state index in [1.54, 1.807) is 17.1 Å². The van der Waals surface area contributed by atoms with Crippen LogP contribution in [0.4, 0.5) is 0 Å². The highest BCUT2D eigenvalue weighted by Crippen LogP contribution is 2.61. The van der Waals surface area contributed by atoms with Crippen LogP contribution in [0.5, 0.6) is 0 Å². The molecule has 7 heteroatoms. The number of aryl methyl sites for hydroxylation is 1. The van der Waals surface area contributed by atoms with Crippen LogP contribution in [0.15, 0.2) is 35.0 Å². The third kappa shape index (κ3) is 2.60. The Kier molecular flexibility index (Phi) is 3.41. The number of nitrogens with one attached hydrogen (secondary N) is 1. The Bertz CT molecular complexity index is 994. The van der Waals surface area contributed by atoms with Crippen molar-refractivity contribution < 1.29 is 9.21 Å². The molecule has 0 saturated heterocycles. The number of aromatic nitrogens is 3. The molecule has 2 fully saturated rings. The minimum absolute atomic E-state index is 0.0374. The maximum Gasteiger partial charge on any atom is 0.254 e. The summed E-state index contributed by atoms with van der Waals surface area (Å²) in [5, 5.41) is 7.82. The summed E-state index contributed by atoms with van der Waals surface area (Å²) in [6.45, 7) is 0. The predicted molar refractivity (Wildman–Crippen MR) is 97.1 cm³/mol. The molecule has 1 N–H and O–H groups in total. The zero-order chi connectivity index (χ0) is 17.9. The van der Waals surface area contributed by atoms with Gasteiger partial charge >= 0.3 is 0 Å². The van der Waals surface area contributed by atoms with Crippen molar-refractivity contribution in [1.29, 1.82) is 0 Å². The number of hydrogen-bond acceptors (Lipinski definition) is 4. The predicted octanol–water partition coefficient (Wildman–Crippen LogP) is 3.67. The van der Waals surface area contributed by atoms with Gasteiger partial charge in [0, 0.05) is 30.2 Å². The van der Waals surface area contributed by atoms with Gasteiger partial charge in [0.2, 0.25) is 0 Å². The van der Waals surface area contributed by atoms with Crippen molar-refractivity contribution >= 4 is 28.6 Å². The molecule has 2 heterocycles. The third-order valence-electron chi connectivity index (χ3n) is 5.74. The van der Waals surface area contributed by atoms with E-state index in [0.29, 0.717) is 21.9 Å². The number of rotatable bonds is 3. The summed E-state index contributed by atoms with van der Waals surface area (Å²) in [4.78, 5) is 16.8. The summed E-state index contributed by atoms with van der Waals surface area (Å²) in [7, 11) is 1.81. The first-order valence-corrected chi connectivity index (χ1v) is 9.23. The fraction of sp³-hybridized carbons (Fsp3) is 0.421. The molecule has 0 radical (unpaired) electrons. The van der Waals surface area contributed by atoms with Crippen molar-refractivity contribution in [3.05, 3.63) is 47.1 Å². The van der Waals surface area contributed by atoms with Crippen LogP contribution < -0.4 is 5.32 Å². The van der Waals surface area contributed by atoms with E-state index < -0.39 is 0 Å². The summed E-state index contributed by atoms with van der Waals surface area (Å²) >= 11 is 6.01. The minimum Gasteiger partial charge on any atom is -0.440 e. The first kappa shape index (κ1) is 15.9. The van der Waals surface area contributed by atoms with Crippen LogP contribution in [-0.2, 0) is 7.05 Å². The molecule has 134 valence electrons. The van der Waals surface area contributed by atoms with Gasteiger partial charge in [0.05, 0.1) is 11.8 Å². The molecule has 2 aliphatic carbocycles. The van der Waals surface area contributed by atoms with Gasteiger partial charge in [-0.15, -0.1) is 0 Å². The summed E-state index contributed by atoms with van der Waals surface area (Å²) in [5.74, 6) is 1.15. The van der Waals surface area contributed by atoms with Gasteiger partial charge in [0.25, 0.3) is 5.91 Å². The Balaban J connectivity index is 1.18. The van der Waals surface area contributed by atoms with Crippen molar-refractivity contribution in [1.82, 2.24) is 20.1 Å². The maximum absolute atomic E-state index is 12.2. The van der Waals surface area contributed by atoms with E-state index in [0.717, 1.165) is 42.7 Å². The van der Waals surface area contributed by atoms with E-state index in [9.17, 15) is 4.79 Å². The number of fused-ring (bicyclic) bond motifs is 1. The van der Waals surface area contributed by atoms with E-state index in [2.05, 4.69) is 15.4 Å². The molecule has 2 saturated carbocycles. The average Bonchev–Trinajstić information content (AvgIpc) is 3.13. The Hall–Kier alpha value is -2.34. The molecule has 2 aromatic heterocycles. The number of carbonyl (C=O) groups is 1. The lowest BCUT2D eigenvalue weighted by Crippen LogP contribution is -2.55. The molecule has 0 unspecified atom stereocenters. The number of benzene rings is 1. The van der Waals surface area contributed by atoms with Crippen molar-refractivity contribution in [2.75, 3.05) is 0 Å².